The second-order valence-corrected chi connectivity index (χ2v) is 20.2. The van der Waals surface area contributed by atoms with Crippen molar-refractivity contribution in [3.05, 3.63) is 72.9 Å². The van der Waals surface area contributed by atoms with E-state index in [0.717, 1.165) is 141 Å². The SMILES string of the molecule is CC/C=C\C/C=C\C/C=C\C/C=C\CCCCCCCCC(=O)OCC(COC1OC(C(=O)O)C(O)C(O)C1OC(=O)CCCCCCC/C=C\CCCCCCCC)OC(=O)CCCCCCC/C=C\CCCC. The third-order valence-electron chi connectivity index (χ3n) is 13.2. The zero-order valence-corrected chi connectivity index (χ0v) is 47.3. The molecule has 0 aromatic rings. The summed E-state index contributed by atoms with van der Waals surface area (Å²) in [4.78, 5) is 51.1. The maximum atomic E-state index is 13.1. The normalized spacial score (nSPS) is 18.7. The van der Waals surface area contributed by atoms with Crippen LogP contribution in [0.1, 0.15) is 252 Å². The van der Waals surface area contributed by atoms with Gasteiger partial charge in [-0.15, -0.1) is 0 Å². The summed E-state index contributed by atoms with van der Waals surface area (Å²) in [5, 5.41) is 31.5. The largest absolute Gasteiger partial charge is 0.479 e. The van der Waals surface area contributed by atoms with Crippen LogP contribution >= 0.6 is 0 Å². The van der Waals surface area contributed by atoms with Crippen LogP contribution in [0.25, 0.3) is 0 Å². The quantitative estimate of drug-likeness (QED) is 0.0228. The summed E-state index contributed by atoms with van der Waals surface area (Å²) in [6.45, 7) is 5.81. The highest BCUT2D eigenvalue weighted by Gasteiger charge is 2.50. The Kier molecular flexibility index (Phi) is 47.0. The topological polar surface area (TPSA) is 175 Å². The Morgan fingerprint density at radius 2 is 0.853 bits per heavy atom. The lowest BCUT2D eigenvalue weighted by molar-refractivity contribution is -0.301. The fourth-order valence-corrected chi connectivity index (χ4v) is 8.63. The van der Waals surface area contributed by atoms with Gasteiger partial charge in [-0.05, 0) is 103 Å². The predicted octanol–water partition coefficient (Wildman–Crippen LogP) is 15.3. The first kappa shape index (κ1) is 69.2. The Labute approximate surface area is 455 Å². The lowest BCUT2D eigenvalue weighted by Gasteiger charge is -2.40. The third kappa shape index (κ3) is 41.0. The Hall–Kier alpha value is -3.84. The molecule has 0 aromatic heterocycles. The first-order chi connectivity index (χ1) is 36.6. The highest BCUT2D eigenvalue weighted by Crippen LogP contribution is 2.26. The summed E-state index contributed by atoms with van der Waals surface area (Å²) >= 11 is 0. The summed E-state index contributed by atoms with van der Waals surface area (Å²) in [7, 11) is 0. The molecule has 1 fully saturated rings. The number of aliphatic hydroxyl groups excluding tert-OH is 2. The second kappa shape index (κ2) is 50.9. The van der Waals surface area contributed by atoms with Crippen LogP contribution in [0.2, 0.25) is 0 Å². The Morgan fingerprint density at radius 1 is 0.453 bits per heavy atom. The Morgan fingerprint density at radius 3 is 1.33 bits per heavy atom. The molecule has 1 saturated heterocycles. The van der Waals surface area contributed by atoms with Gasteiger partial charge < -0.3 is 39.0 Å². The van der Waals surface area contributed by atoms with Gasteiger partial charge in [-0.2, -0.15) is 0 Å². The Bertz CT molecular complexity index is 1580. The molecule has 0 bridgehead atoms. The van der Waals surface area contributed by atoms with Gasteiger partial charge in [0.05, 0.1) is 6.61 Å². The molecule has 0 amide bonds. The third-order valence-corrected chi connectivity index (χ3v) is 13.2. The van der Waals surface area contributed by atoms with Crippen LogP contribution in [-0.4, -0.2) is 89.2 Å². The van der Waals surface area contributed by atoms with Crippen molar-refractivity contribution in [2.24, 2.45) is 0 Å². The second-order valence-electron chi connectivity index (χ2n) is 20.2. The molecule has 0 radical (unpaired) electrons. The van der Waals surface area contributed by atoms with E-state index in [2.05, 4.69) is 93.7 Å². The van der Waals surface area contributed by atoms with E-state index < -0.39 is 67.3 Å². The zero-order valence-electron chi connectivity index (χ0n) is 47.3. The summed E-state index contributed by atoms with van der Waals surface area (Å²) in [5.74, 6) is -3.16. The minimum absolute atomic E-state index is 0.0471. The van der Waals surface area contributed by atoms with E-state index in [1.165, 1.54) is 51.4 Å². The number of hydrogen-bond donors (Lipinski definition) is 3. The van der Waals surface area contributed by atoms with E-state index in [1.54, 1.807) is 0 Å². The minimum atomic E-state index is -1.91. The fourth-order valence-electron chi connectivity index (χ4n) is 8.63. The van der Waals surface area contributed by atoms with Crippen LogP contribution in [0.5, 0.6) is 0 Å². The van der Waals surface area contributed by atoms with Crippen LogP contribution < -0.4 is 0 Å². The maximum Gasteiger partial charge on any atom is 0.335 e. The maximum absolute atomic E-state index is 13.1. The average Bonchev–Trinajstić information content (AvgIpc) is 3.39. The Balaban J connectivity index is 2.67. The number of rotatable bonds is 50. The number of carbonyl (C=O) groups is 4. The van der Waals surface area contributed by atoms with Gasteiger partial charge in [-0.1, -0.05) is 203 Å². The molecule has 12 heteroatoms. The van der Waals surface area contributed by atoms with Gasteiger partial charge in [0.25, 0.3) is 0 Å². The van der Waals surface area contributed by atoms with Gasteiger partial charge >= 0.3 is 23.9 Å². The number of carboxylic acids is 1. The fraction of sp³-hybridized carbons (Fsp3) is 0.746. The monoisotopic (exact) mass is 1050 g/mol. The van der Waals surface area contributed by atoms with Crippen molar-refractivity contribution in [2.75, 3.05) is 13.2 Å². The van der Waals surface area contributed by atoms with Gasteiger partial charge in [-0.3, -0.25) is 14.4 Å². The van der Waals surface area contributed by atoms with Crippen LogP contribution in [0.3, 0.4) is 0 Å². The highest BCUT2D eigenvalue weighted by molar-refractivity contribution is 5.74. The molecule has 0 spiro atoms. The van der Waals surface area contributed by atoms with E-state index in [-0.39, 0.29) is 25.9 Å². The molecule has 1 heterocycles. The first-order valence-electron chi connectivity index (χ1n) is 29.9. The summed E-state index contributed by atoms with van der Waals surface area (Å²) < 4.78 is 28.4. The van der Waals surface area contributed by atoms with Crippen molar-refractivity contribution in [1.29, 1.82) is 0 Å². The molecule has 75 heavy (non-hydrogen) atoms. The number of allylic oxidation sites excluding steroid dienone is 12. The molecule has 0 aromatic carbocycles. The first-order valence-corrected chi connectivity index (χ1v) is 29.9. The van der Waals surface area contributed by atoms with E-state index in [4.69, 9.17) is 23.7 Å². The standard InChI is InChI=1S/C63H106O12/c1-4-7-10-13-16-19-22-24-26-27-28-29-31-32-35-37-40-43-46-49-55(64)71-52-54(73-56(65)50-47-44-41-38-34-21-18-15-12-9-6-3)53-72-63-61(59(68)58(67)60(75-63)62(69)70)74-57(66)51-48-45-42-39-36-33-30-25-23-20-17-14-11-8-5-2/h7,10,15-16,18-19,24-26,28-30,54,58-61,63,67-68H,4-6,8-9,11-14,17,20-23,27,31-53H2,1-3H3,(H,69,70)/b10-7-,18-15-,19-16-,26-24-,29-28-,30-25-. The molecule has 3 N–H and O–H groups in total. The molecular formula is C63H106O12. The van der Waals surface area contributed by atoms with Gasteiger partial charge in [0.1, 0.15) is 18.8 Å². The minimum Gasteiger partial charge on any atom is -0.479 e. The number of aliphatic carboxylic acids is 1. The van der Waals surface area contributed by atoms with Crippen LogP contribution in [-0.2, 0) is 42.9 Å². The lowest BCUT2D eigenvalue weighted by atomic mass is 9.98. The molecule has 1 aliphatic rings. The number of unbranched alkanes of at least 4 members (excludes halogenated alkanes) is 24. The molecule has 430 valence electrons. The van der Waals surface area contributed by atoms with Crippen LogP contribution in [0.4, 0.5) is 0 Å². The molecule has 6 atom stereocenters. The number of esters is 3. The molecular weight excluding hydrogens is 949 g/mol. The smallest absolute Gasteiger partial charge is 0.335 e. The number of ether oxygens (including phenoxy) is 5. The van der Waals surface area contributed by atoms with Crippen molar-refractivity contribution < 1.29 is 58.2 Å². The number of aliphatic hydroxyl groups is 2. The van der Waals surface area contributed by atoms with Crippen molar-refractivity contribution >= 4 is 23.9 Å². The lowest BCUT2D eigenvalue weighted by Crippen LogP contribution is -2.61. The molecule has 6 unspecified atom stereocenters. The van der Waals surface area contributed by atoms with Gasteiger partial charge in [0, 0.05) is 19.3 Å². The molecule has 1 rings (SSSR count). The van der Waals surface area contributed by atoms with Crippen LogP contribution in [0.15, 0.2) is 72.9 Å². The zero-order chi connectivity index (χ0) is 54.7. The van der Waals surface area contributed by atoms with E-state index in [9.17, 15) is 34.5 Å². The number of carboxylic acid groups (broad SMARTS) is 1. The number of hydrogen-bond acceptors (Lipinski definition) is 11. The van der Waals surface area contributed by atoms with Gasteiger partial charge in [-0.25, -0.2) is 4.79 Å². The summed E-state index contributed by atoms with van der Waals surface area (Å²) in [6, 6.07) is 0. The average molecular weight is 1060 g/mol. The molecule has 12 nitrogen and oxygen atoms in total. The van der Waals surface area contributed by atoms with E-state index in [0.29, 0.717) is 19.3 Å². The van der Waals surface area contributed by atoms with E-state index in [1.807, 2.05) is 0 Å². The van der Waals surface area contributed by atoms with Crippen molar-refractivity contribution in [1.82, 2.24) is 0 Å². The van der Waals surface area contributed by atoms with Crippen LogP contribution in [0, 0.1) is 0 Å². The summed E-state index contributed by atoms with van der Waals surface area (Å²) in [6.07, 6.45) is 51.6. The van der Waals surface area contributed by atoms with Gasteiger partial charge in [0.15, 0.2) is 24.6 Å². The van der Waals surface area contributed by atoms with E-state index >= 15 is 0 Å². The molecule has 0 aliphatic carbocycles. The van der Waals surface area contributed by atoms with Crippen molar-refractivity contribution in [2.45, 2.75) is 289 Å². The molecule has 0 saturated carbocycles. The predicted molar refractivity (Wildman–Crippen MR) is 303 cm³/mol. The van der Waals surface area contributed by atoms with Crippen molar-refractivity contribution in [3.8, 4) is 0 Å². The summed E-state index contributed by atoms with van der Waals surface area (Å²) in [5.41, 5.74) is 0. The van der Waals surface area contributed by atoms with Gasteiger partial charge in [0.2, 0.25) is 0 Å². The molecule has 1 aliphatic heterocycles. The number of carbonyl (C=O) groups excluding carboxylic acids is 3. The highest BCUT2D eigenvalue weighted by atomic mass is 16.7. The van der Waals surface area contributed by atoms with Crippen molar-refractivity contribution in [3.63, 3.8) is 0 Å².